The third-order valence-electron chi connectivity index (χ3n) is 4.51. The summed E-state index contributed by atoms with van der Waals surface area (Å²) in [6.45, 7) is 4.72. The molecular weight excluding hydrogens is 228 g/mol. The number of nitrogens with zero attached hydrogens (tertiary/aromatic N) is 2. The van der Waals surface area contributed by atoms with Gasteiger partial charge in [0, 0.05) is 19.0 Å². The Labute approximate surface area is 110 Å². The lowest BCUT2D eigenvalue weighted by molar-refractivity contribution is -0.140. The highest BCUT2D eigenvalue weighted by atomic mass is 16.5. The van der Waals surface area contributed by atoms with E-state index in [1.165, 1.54) is 46.0 Å². The van der Waals surface area contributed by atoms with Crippen molar-refractivity contribution in [3.63, 3.8) is 0 Å². The molecule has 4 heteroatoms. The maximum Gasteiger partial charge on any atom is 0.305 e. The van der Waals surface area contributed by atoms with Crippen LogP contribution in [0.3, 0.4) is 0 Å². The maximum atomic E-state index is 11.1. The van der Waals surface area contributed by atoms with E-state index in [9.17, 15) is 4.79 Å². The van der Waals surface area contributed by atoms with Crippen LogP contribution in [-0.4, -0.2) is 62.1 Å². The molecule has 2 heterocycles. The van der Waals surface area contributed by atoms with E-state index in [0.717, 1.165) is 24.9 Å². The predicted molar refractivity (Wildman–Crippen MR) is 71.4 cm³/mol. The Balaban J connectivity index is 1.72. The lowest BCUT2D eigenvalue weighted by Crippen LogP contribution is -2.52. The van der Waals surface area contributed by atoms with E-state index in [4.69, 9.17) is 0 Å². The van der Waals surface area contributed by atoms with Crippen LogP contribution in [-0.2, 0) is 9.53 Å². The molecule has 0 spiro atoms. The second-order valence-corrected chi connectivity index (χ2v) is 5.72. The van der Waals surface area contributed by atoms with E-state index in [1.54, 1.807) is 0 Å². The van der Waals surface area contributed by atoms with Gasteiger partial charge in [-0.1, -0.05) is 0 Å². The molecule has 18 heavy (non-hydrogen) atoms. The second-order valence-electron chi connectivity index (χ2n) is 5.72. The third kappa shape index (κ3) is 3.45. The quantitative estimate of drug-likeness (QED) is 0.709. The molecule has 2 unspecified atom stereocenters. The van der Waals surface area contributed by atoms with Gasteiger partial charge in [-0.05, 0) is 58.3 Å². The van der Waals surface area contributed by atoms with Crippen molar-refractivity contribution >= 4 is 5.97 Å². The van der Waals surface area contributed by atoms with Gasteiger partial charge >= 0.3 is 5.97 Å². The van der Waals surface area contributed by atoms with Gasteiger partial charge in [-0.3, -0.25) is 4.79 Å². The molecule has 0 radical (unpaired) electrons. The van der Waals surface area contributed by atoms with Crippen molar-refractivity contribution in [3.05, 3.63) is 0 Å². The maximum absolute atomic E-state index is 11.1. The molecule has 2 aliphatic heterocycles. The summed E-state index contributed by atoms with van der Waals surface area (Å²) in [5.74, 6) is 0.762. The van der Waals surface area contributed by atoms with Crippen molar-refractivity contribution in [2.45, 2.75) is 38.1 Å². The van der Waals surface area contributed by atoms with Gasteiger partial charge < -0.3 is 14.5 Å². The number of hydrogen-bond acceptors (Lipinski definition) is 4. The van der Waals surface area contributed by atoms with Crippen molar-refractivity contribution in [3.8, 4) is 0 Å². The molecule has 0 aromatic carbocycles. The van der Waals surface area contributed by atoms with Gasteiger partial charge in [0.25, 0.3) is 0 Å². The summed E-state index contributed by atoms with van der Waals surface area (Å²) in [7, 11) is 3.73. The number of methoxy groups -OCH3 is 1. The smallest absolute Gasteiger partial charge is 0.305 e. The van der Waals surface area contributed by atoms with Crippen LogP contribution in [0.25, 0.3) is 0 Å². The zero-order valence-electron chi connectivity index (χ0n) is 11.7. The molecule has 2 atom stereocenters. The van der Waals surface area contributed by atoms with Gasteiger partial charge in [0.05, 0.1) is 7.11 Å². The van der Waals surface area contributed by atoms with E-state index >= 15 is 0 Å². The third-order valence-corrected chi connectivity index (χ3v) is 4.51. The minimum absolute atomic E-state index is 0.0812. The van der Waals surface area contributed by atoms with E-state index in [-0.39, 0.29) is 5.97 Å². The van der Waals surface area contributed by atoms with Crippen LogP contribution >= 0.6 is 0 Å². The molecular formula is C14H26N2O2. The van der Waals surface area contributed by atoms with Crippen LogP contribution in [0, 0.1) is 5.92 Å². The van der Waals surface area contributed by atoms with Crippen LogP contribution in [0.2, 0.25) is 0 Å². The number of rotatable bonds is 4. The Morgan fingerprint density at radius 3 is 2.94 bits per heavy atom. The van der Waals surface area contributed by atoms with Gasteiger partial charge in [0.2, 0.25) is 0 Å². The van der Waals surface area contributed by atoms with Crippen LogP contribution in [0.1, 0.15) is 32.1 Å². The SMILES string of the molecule is COC(=O)CCCN1CCC2C(CCCN2C)C1. The molecule has 0 saturated carbocycles. The molecule has 0 aliphatic carbocycles. The molecule has 2 saturated heterocycles. The molecule has 0 aromatic rings. The minimum atomic E-state index is -0.0812. The van der Waals surface area contributed by atoms with Crippen molar-refractivity contribution in [2.24, 2.45) is 5.92 Å². The molecule has 0 aromatic heterocycles. The lowest BCUT2D eigenvalue weighted by atomic mass is 9.84. The monoisotopic (exact) mass is 254 g/mol. The Bertz CT molecular complexity index is 283. The van der Waals surface area contributed by atoms with Gasteiger partial charge in [0.15, 0.2) is 0 Å². The Morgan fingerprint density at radius 1 is 1.33 bits per heavy atom. The van der Waals surface area contributed by atoms with Crippen LogP contribution < -0.4 is 0 Å². The number of esters is 1. The molecule has 0 N–H and O–H groups in total. The number of hydrogen-bond donors (Lipinski definition) is 0. The van der Waals surface area contributed by atoms with Gasteiger partial charge in [-0.25, -0.2) is 0 Å². The summed E-state index contributed by atoms with van der Waals surface area (Å²) in [5.41, 5.74) is 0. The summed E-state index contributed by atoms with van der Waals surface area (Å²) in [6.07, 6.45) is 5.50. The topological polar surface area (TPSA) is 32.8 Å². The molecule has 4 nitrogen and oxygen atoms in total. The Hall–Kier alpha value is -0.610. The largest absolute Gasteiger partial charge is 0.469 e. The van der Waals surface area contributed by atoms with Gasteiger partial charge in [-0.2, -0.15) is 0 Å². The molecule has 0 bridgehead atoms. The molecule has 104 valence electrons. The number of ether oxygens (including phenoxy) is 1. The van der Waals surface area contributed by atoms with Gasteiger partial charge in [0.1, 0.15) is 0 Å². The fraction of sp³-hybridized carbons (Fsp3) is 0.929. The number of piperidine rings is 2. The average molecular weight is 254 g/mol. The summed E-state index contributed by atoms with van der Waals surface area (Å²) in [5, 5.41) is 0. The highest BCUT2D eigenvalue weighted by Gasteiger charge is 2.33. The van der Waals surface area contributed by atoms with Crippen molar-refractivity contribution in [1.82, 2.24) is 9.80 Å². The first-order valence-electron chi connectivity index (χ1n) is 7.20. The first kappa shape index (κ1) is 13.8. The molecule has 2 fully saturated rings. The summed E-state index contributed by atoms with van der Waals surface area (Å²) < 4.78 is 4.68. The second kappa shape index (κ2) is 6.53. The van der Waals surface area contributed by atoms with E-state index in [2.05, 4.69) is 21.6 Å². The summed E-state index contributed by atoms with van der Waals surface area (Å²) >= 11 is 0. The van der Waals surface area contributed by atoms with Crippen LogP contribution in [0.4, 0.5) is 0 Å². The van der Waals surface area contributed by atoms with Crippen molar-refractivity contribution in [1.29, 1.82) is 0 Å². The average Bonchev–Trinajstić information content (AvgIpc) is 2.38. The fourth-order valence-electron chi connectivity index (χ4n) is 3.48. The number of carbonyl (C=O) groups is 1. The standard InChI is InChI=1S/C14H26N2O2/c1-15-8-3-5-12-11-16(10-7-13(12)15)9-4-6-14(17)18-2/h12-13H,3-11H2,1-2H3. The Morgan fingerprint density at radius 2 is 2.17 bits per heavy atom. The zero-order valence-corrected chi connectivity index (χ0v) is 11.7. The summed E-state index contributed by atoms with van der Waals surface area (Å²) in [4.78, 5) is 16.1. The van der Waals surface area contributed by atoms with E-state index in [0.29, 0.717) is 6.42 Å². The van der Waals surface area contributed by atoms with Crippen LogP contribution in [0.15, 0.2) is 0 Å². The minimum Gasteiger partial charge on any atom is -0.469 e. The fourth-order valence-corrected chi connectivity index (χ4v) is 3.48. The Kier molecular flexibility index (Phi) is 5.01. The van der Waals surface area contributed by atoms with Crippen LogP contribution in [0.5, 0.6) is 0 Å². The molecule has 0 amide bonds. The first-order chi connectivity index (χ1) is 8.70. The predicted octanol–water partition coefficient (Wildman–Crippen LogP) is 1.36. The first-order valence-corrected chi connectivity index (χ1v) is 7.20. The summed E-state index contributed by atoms with van der Waals surface area (Å²) in [6, 6.07) is 0.801. The van der Waals surface area contributed by atoms with E-state index in [1.807, 2.05) is 0 Å². The zero-order chi connectivity index (χ0) is 13.0. The van der Waals surface area contributed by atoms with E-state index < -0.39 is 0 Å². The van der Waals surface area contributed by atoms with Gasteiger partial charge in [-0.15, -0.1) is 0 Å². The lowest BCUT2D eigenvalue weighted by Gasteiger charge is -2.46. The van der Waals surface area contributed by atoms with Crippen molar-refractivity contribution in [2.75, 3.05) is 40.3 Å². The highest BCUT2D eigenvalue weighted by Crippen LogP contribution is 2.29. The number of fused-ring (bicyclic) bond motifs is 1. The number of likely N-dealkylation sites (tertiary alicyclic amines) is 2. The molecule has 2 rings (SSSR count). The number of carbonyl (C=O) groups excluding carboxylic acids is 1. The normalized spacial score (nSPS) is 29.9. The molecule has 2 aliphatic rings. The van der Waals surface area contributed by atoms with Crippen molar-refractivity contribution < 1.29 is 9.53 Å². The highest BCUT2D eigenvalue weighted by molar-refractivity contribution is 5.69.